The molecule has 0 unspecified atom stereocenters. The summed E-state index contributed by atoms with van der Waals surface area (Å²) in [5.74, 6) is 0. The minimum atomic E-state index is -0.729. The Balaban J connectivity index is 0.00000200. The Morgan fingerprint density at radius 1 is 0.857 bits per heavy atom. The number of hydrogen-bond acceptors (Lipinski definition) is 0. The molecule has 0 N–H and O–H groups in total. The average Bonchev–Trinajstić information content (AvgIpc) is 3.04. The molecule has 0 amide bonds. The standard InChI is InChI=1S/2C9H11.2ClH.Hf/c2*1-2-3-6-9-7-4-5-8-9;;;/h2*3,6-8H,2,4H2,1H3;2*1H;/q;;;;+2/p-2/b2*6-3+;;;. The van der Waals surface area contributed by atoms with Crippen LogP contribution in [0.15, 0.2) is 66.4 Å². The van der Waals surface area contributed by atoms with Gasteiger partial charge in [0.15, 0.2) is 0 Å². The van der Waals surface area contributed by atoms with Gasteiger partial charge in [-0.1, -0.05) is 0 Å². The molecule has 0 bridgehead atoms. The van der Waals surface area contributed by atoms with Gasteiger partial charge < -0.3 is 24.8 Å². The van der Waals surface area contributed by atoms with Crippen LogP contribution in [0.4, 0.5) is 0 Å². The molecule has 0 saturated heterocycles. The smallest absolute Gasteiger partial charge is 1.00 e. The van der Waals surface area contributed by atoms with Crippen LogP contribution in [0.25, 0.3) is 0 Å². The van der Waals surface area contributed by atoms with E-state index in [1.165, 1.54) is 24.0 Å². The van der Waals surface area contributed by atoms with Crippen molar-refractivity contribution in [2.24, 2.45) is 0 Å². The minimum absolute atomic E-state index is 0. The molecule has 21 heavy (non-hydrogen) atoms. The largest absolute Gasteiger partial charge is 1.00 e. The van der Waals surface area contributed by atoms with Crippen LogP contribution >= 0.6 is 0 Å². The van der Waals surface area contributed by atoms with Crippen molar-refractivity contribution in [2.45, 2.75) is 39.5 Å². The molecule has 0 nitrogen and oxygen atoms in total. The fraction of sp³-hybridized carbons (Fsp3) is 0.333. The van der Waals surface area contributed by atoms with Crippen molar-refractivity contribution >= 4 is 0 Å². The summed E-state index contributed by atoms with van der Waals surface area (Å²) in [5.41, 5.74) is 2.86. The first-order valence-electron chi connectivity index (χ1n) is 7.23. The molecule has 0 heterocycles. The molecule has 0 aliphatic heterocycles. The van der Waals surface area contributed by atoms with Crippen molar-refractivity contribution in [1.29, 1.82) is 0 Å². The summed E-state index contributed by atoms with van der Waals surface area (Å²) in [6, 6.07) is 0. The summed E-state index contributed by atoms with van der Waals surface area (Å²) in [5, 5.41) is 0. The third kappa shape index (κ3) is 7.13. The van der Waals surface area contributed by atoms with Crippen LogP contribution in [0.1, 0.15) is 39.5 Å². The van der Waals surface area contributed by atoms with Crippen LogP contribution < -0.4 is 24.8 Å². The monoisotopic (exact) mass is 488 g/mol. The summed E-state index contributed by atoms with van der Waals surface area (Å²) < 4.78 is 3.49. The molecule has 0 spiro atoms. The van der Waals surface area contributed by atoms with E-state index in [4.69, 9.17) is 0 Å². The number of rotatable bonds is 6. The third-order valence-electron chi connectivity index (χ3n) is 3.21. The van der Waals surface area contributed by atoms with Crippen molar-refractivity contribution in [3.63, 3.8) is 0 Å². The molecule has 2 aliphatic carbocycles. The maximum absolute atomic E-state index is 2.44. The minimum Gasteiger partial charge on any atom is -1.00 e. The number of hydrogen-bond donors (Lipinski definition) is 0. The van der Waals surface area contributed by atoms with Gasteiger partial charge in [0.05, 0.1) is 0 Å². The molecular formula is C18H22Cl2Hf. The van der Waals surface area contributed by atoms with E-state index < -0.39 is 22.9 Å². The van der Waals surface area contributed by atoms with E-state index in [9.17, 15) is 0 Å². The van der Waals surface area contributed by atoms with E-state index in [-0.39, 0.29) is 24.8 Å². The van der Waals surface area contributed by atoms with E-state index >= 15 is 0 Å². The summed E-state index contributed by atoms with van der Waals surface area (Å²) >= 11 is -0.729. The van der Waals surface area contributed by atoms with Crippen LogP contribution in [0.3, 0.4) is 0 Å². The molecule has 0 saturated carbocycles. The first-order valence-corrected chi connectivity index (χ1v) is 10.8. The van der Waals surface area contributed by atoms with Gasteiger partial charge in [-0.25, -0.2) is 0 Å². The van der Waals surface area contributed by atoms with Gasteiger partial charge in [0.1, 0.15) is 0 Å². The van der Waals surface area contributed by atoms with Gasteiger partial charge >= 0.3 is 129 Å². The first-order chi connectivity index (χ1) is 9.31. The second-order valence-corrected chi connectivity index (χ2v) is 10.4. The van der Waals surface area contributed by atoms with Crippen molar-refractivity contribution < 1.29 is 47.7 Å². The molecule has 0 radical (unpaired) electrons. The normalized spacial score (nSPS) is 16.9. The zero-order valence-electron chi connectivity index (χ0n) is 12.7. The van der Waals surface area contributed by atoms with Gasteiger partial charge in [-0.3, -0.25) is 0 Å². The third-order valence-corrected chi connectivity index (χ3v) is 8.02. The second-order valence-electron chi connectivity index (χ2n) is 4.90. The van der Waals surface area contributed by atoms with E-state index in [2.05, 4.69) is 62.5 Å². The number of halogens is 2. The summed E-state index contributed by atoms with van der Waals surface area (Å²) in [4.78, 5) is 0. The quantitative estimate of drug-likeness (QED) is 0.441. The van der Waals surface area contributed by atoms with Gasteiger partial charge in [0, 0.05) is 0 Å². The van der Waals surface area contributed by atoms with Gasteiger partial charge in [-0.05, 0) is 0 Å². The fourth-order valence-electron chi connectivity index (χ4n) is 2.21. The first kappa shape index (κ1) is 20.9. The molecule has 2 rings (SSSR count). The van der Waals surface area contributed by atoms with Crippen LogP contribution in [0.5, 0.6) is 0 Å². The maximum Gasteiger partial charge on any atom is -1.00 e. The molecular weight excluding hydrogens is 466 g/mol. The van der Waals surface area contributed by atoms with Crippen LogP contribution in [-0.2, 0) is 22.9 Å². The molecule has 3 heteroatoms. The Hall–Kier alpha value is -0.110. The predicted molar refractivity (Wildman–Crippen MR) is 80.4 cm³/mol. The van der Waals surface area contributed by atoms with Crippen LogP contribution in [0.2, 0.25) is 0 Å². The zero-order valence-corrected chi connectivity index (χ0v) is 17.8. The van der Waals surface area contributed by atoms with Crippen molar-refractivity contribution in [3.8, 4) is 0 Å². The van der Waals surface area contributed by atoms with Crippen molar-refractivity contribution in [1.82, 2.24) is 0 Å². The average molecular weight is 488 g/mol. The maximum atomic E-state index is 2.44. The molecule has 0 atom stereocenters. The SMILES string of the molecule is CC/C=C/C1=CC[C]([Hf+2][C]2=CC(/C=C/CC)=CC2)=C1.[Cl-].[Cl-]. The van der Waals surface area contributed by atoms with Crippen molar-refractivity contribution in [2.75, 3.05) is 0 Å². The Morgan fingerprint density at radius 2 is 1.29 bits per heavy atom. The zero-order chi connectivity index (χ0) is 13.5. The number of allylic oxidation sites excluding steroid dienone is 12. The molecule has 0 aromatic rings. The Morgan fingerprint density at radius 3 is 1.67 bits per heavy atom. The Bertz CT molecular complexity index is 459. The van der Waals surface area contributed by atoms with E-state index in [0.29, 0.717) is 0 Å². The topological polar surface area (TPSA) is 0 Å². The summed E-state index contributed by atoms with van der Waals surface area (Å²) in [6.45, 7) is 4.38. The summed E-state index contributed by atoms with van der Waals surface area (Å²) in [6.07, 6.45) is 23.4. The van der Waals surface area contributed by atoms with E-state index in [0.717, 1.165) is 12.8 Å². The summed E-state index contributed by atoms with van der Waals surface area (Å²) in [7, 11) is 0. The Labute approximate surface area is 153 Å². The Kier molecular flexibility index (Phi) is 11.4. The fourth-order valence-corrected chi connectivity index (χ4v) is 6.88. The van der Waals surface area contributed by atoms with Crippen LogP contribution in [0, 0.1) is 0 Å². The van der Waals surface area contributed by atoms with E-state index in [1.807, 2.05) is 0 Å². The molecule has 0 aromatic heterocycles. The van der Waals surface area contributed by atoms with Crippen molar-refractivity contribution in [3.05, 3.63) is 66.4 Å². The van der Waals surface area contributed by atoms with Gasteiger partial charge in [0.2, 0.25) is 0 Å². The van der Waals surface area contributed by atoms with E-state index in [1.54, 1.807) is 6.66 Å². The van der Waals surface area contributed by atoms with Gasteiger partial charge in [-0.2, -0.15) is 0 Å². The van der Waals surface area contributed by atoms with Gasteiger partial charge in [-0.15, -0.1) is 0 Å². The predicted octanol–water partition coefficient (Wildman–Crippen LogP) is -0.563. The molecule has 2 aliphatic rings. The second kappa shape index (κ2) is 11.5. The molecule has 0 fully saturated rings. The molecule has 0 aromatic carbocycles. The van der Waals surface area contributed by atoms with Crippen LogP contribution in [-0.4, -0.2) is 0 Å². The van der Waals surface area contributed by atoms with Gasteiger partial charge in [0.25, 0.3) is 0 Å². The molecule has 112 valence electrons.